The molecule has 7 nitrogen and oxygen atoms in total. The molecule has 0 aliphatic carbocycles. The highest BCUT2D eigenvalue weighted by atomic mass is 19.4. The first kappa shape index (κ1) is 17.0. The maximum absolute atomic E-state index is 12.7. The number of aliphatic hydroxyl groups excluding tert-OH is 2. The van der Waals surface area contributed by atoms with Crippen molar-refractivity contribution >= 4 is 11.7 Å². The lowest BCUT2D eigenvalue weighted by atomic mass is 10.2. The van der Waals surface area contributed by atoms with Crippen molar-refractivity contribution < 1.29 is 28.6 Å². The maximum atomic E-state index is 12.7. The summed E-state index contributed by atoms with van der Waals surface area (Å²) in [5.41, 5.74) is 4.22. The molecule has 0 aliphatic rings. The number of hydrogen-bond donors (Lipinski definition) is 4. The van der Waals surface area contributed by atoms with Crippen LogP contribution in [0.4, 0.5) is 19.0 Å². The van der Waals surface area contributed by atoms with Crippen molar-refractivity contribution in [2.75, 3.05) is 31.2 Å². The number of hydrogen-bond acceptors (Lipinski definition) is 6. The van der Waals surface area contributed by atoms with Gasteiger partial charge in [-0.25, -0.2) is 4.98 Å². The van der Waals surface area contributed by atoms with Crippen molar-refractivity contribution in [3.05, 3.63) is 23.4 Å². The van der Waals surface area contributed by atoms with Crippen LogP contribution in [-0.4, -0.2) is 52.5 Å². The zero-order valence-corrected chi connectivity index (χ0v) is 10.9. The molecule has 5 N–H and O–H groups in total. The molecule has 118 valence electrons. The van der Waals surface area contributed by atoms with Gasteiger partial charge in [0.15, 0.2) is 5.84 Å². The lowest BCUT2D eigenvalue weighted by Gasteiger charge is -2.24. The Morgan fingerprint density at radius 3 is 2.24 bits per heavy atom. The van der Waals surface area contributed by atoms with E-state index in [9.17, 15) is 13.2 Å². The summed E-state index contributed by atoms with van der Waals surface area (Å²) >= 11 is 0. The fourth-order valence-electron chi connectivity index (χ4n) is 1.67. The Bertz CT molecular complexity index is 502. The SMILES string of the molecule is NC(=NO)c1ccc(C(F)(F)F)nc1N(CCO)CCO. The van der Waals surface area contributed by atoms with Gasteiger partial charge in [0.1, 0.15) is 11.5 Å². The summed E-state index contributed by atoms with van der Waals surface area (Å²) in [7, 11) is 0. The van der Waals surface area contributed by atoms with Gasteiger partial charge in [0.2, 0.25) is 0 Å². The van der Waals surface area contributed by atoms with Crippen LogP contribution in [0.15, 0.2) is 17.3 Å². The summed E-state index contributed by atoms with van der Waals surface area (Å²) in [4.78, 5) is 4.67. The maximum Gasteiger partial charge on any atom is 0.433 e. The minimum Gasteiger partial charge on any atom is -0.409 e. The van der Waals surface area contributed by atoms with E-state index in [4.69, 9.17) is 21.2 Å². The third kappa shape index (κ3) is 4.20. The molecular formula is C11H15F3N4O3. The third-order valence-electron chi connectivity index (χ3n) is 2.59. The van der Waals surface area contributed by atoms with Crippen molar-refractivity contribution in [1.82, 2.24) is 4.98 Å². The average molecular weight is 308 g/mol. The highest BCUT2D eigenvalue weighted by Gasteiger charge is 2.34. The average Bonchev–Trinajstić information content (AvgIpc) is 2.44. The Labute approximate surface area is 118 Å². The number of anilines is 1. The molecule has 0 amide bonds. The number of aliphatic hydroxyl groups is 2. The number of nitrogens with zero attached hydrogens (tertiary/aromatic N) is 3. The van der Waals surface area contributed by atoms with Gasteiger partial charge in [-0.15, -0.1) is 0 Å². The quantitative estimate of drug-likeness (QED) is 0.254. The van der Waals surface area contributed by atoms with E-state index in [0.29, 0.717) is 6.07 Å². The second-order valence-corrected chi connectivity index (χ2v) is 3.98. The molecule has 1 rings (SSSR count). The summed E-state index contributed by atoms with van der Waals surface area (Å²) in [6.45, 7) is -0.873. The standard InChI is InChI=1S/C11H15F3N4O3/c12-11(13,14)8-2-1-7(9(15)17-21)10(16-8)18(3-5-19)4-6-20/h1-2,19-21H,3-6H2,(H2,15,17). The predicted molar refractivity (Wildman–Crippen MR) is 68.1 cm³/mol. The van der Waals surface area contributed by atoms with Crippen LogP contribution in [0.2, 0.25) is 0 Å². The molecule has 1 aromatic rings. The van der Waals surface area contributed by atoms with Crippen LogP contribution >= 0.6 is 0 Å². The largest absolute Gasteiger partial charge is 0.433 e. The molecule has 0 saturated carbocycles. The van der Waals surface area contributed by atoms with E-state index < -0.39 is 17.7 Å². The Hall–Kier alpha value is -2.07. The van der Waals surface area contributed by atoms with Gasteiger partial charge < -0.3 is 26.1 Å². The zero-order valence-electron chi connectivity index (χ0n) is 10.9. The summed E-state index contributed by atoms with van der Waals surface area (Å²) in [5.74, 6) is -0.657. The van der Waals surface area contributed by atoms with Crippen LogP contribution in [0.1, 0.15) is 11.3 Å². The third-order valence-corrected chi connectivity index (χ3v) is 2.59. The number of oxime groups is 1. The second kappa shape index (κ2) is 7.09. The predicted octanol–water partition coefficient (Wildman–Crippen LogP) is -0.0141. The van der Waals surface area contributed by atoms with E-state index in [1.54, 1.807) is 0 Å². The van der Waals surface area contributed by atoms with Crippen molar-refractivity contribution in [1.29, 1.82) is 0 Å². The number of pyridine rings is 1. The van der Waals surface area contributed by atoms with Crippen molar-refractivity contribution in [2.24, 2.45) is 10.9 Å². The van der Waals surface area contributed by atoms with Gasteiger partial charge in [-0.05, 0) is 12.1 Å². The molecule has 0 saturated heterocycles. The van der Waals surface area contributed by atoms with Gasteiger partial charge >= 0.3 is 6.18 Å². The highest BCUT2D eigenvalue weighted by molar-refractivity contribution is 6.01. The van der Waals surface area contributed by atoms with E-state index in [2.05, 4.69) is 10.1 Å². The van der Waals surface area contributed by atoms with Gasteiger partial charge in [-0.2, -0.15) is 13.2 Å². The first-order valence-electron chi connectivity index (χ1n) is 5.88. The fourth-order valence-corrected chi connectivity index (χ4v) is 1.67. The lowest BCUT2D eigenvalue weighted by Crippen LogP contribution is -2.33. The molecule has 0 fully saturated rings. The Morgan fingerprint density at radius 1 is 1.24 bits per heavy atom. The molecule has 0 bridgehead atoms. The number of nitrogens with two attached hydrogens (primary N) is 1. The molecule has 21 heavy (non-hydrogen) atoms. The van der Waals surface area contributed by atoms with E-state index in [1.807, 2.05) is 0 Å². The van der Waals surface area contributed by atoms with Gasteiger partial charge in [-0.1, -0.05) is 5.16 Å². The molecular weight excluding hydrogens is 293 g/mol. The van der Waals surface area contributed by atoms with Crippen molar-refractivity contribution in [3.63, 3.8) is 0 Å². The zero-order chi connectivity index (χ0) is 16.0. The molecule has 0 unspecified atom stereocenters. The van der Waals surface area contributed by atoms with Crippen LogP contribution in [0.25, 0.3) is 0 Å². The Morgan fingerprint density at radius 2 is 1.81 bits per heavy atom. The van der Waals surface area contributed by atoms with Crippen LogP contribution in [0, 0.1) is 0 Å². The van der Waals surface area contributed by atoms with Gasteiger partial charge in [0.05, 0.1) is 18.8 Å². The number of aromatic nitrogens is 1. The van der Waals surface area contributed by atoms with Crippen LogP contribution in [0.3, 0.4) is 0 Å². The molecule has 0 aromatic carbocycles. The number of halogens is 3. The first-order chi connectivity index (χ1) is 9.85. The van der Waals surface area contributed by atoms with Crippen molar-refractivity contribution in [3.8, 4) is 0 Å². The molecule has 0 atom stereocenters. The molecule has 1 heterocycles. The first-order valence-corrected chi connectivity index (χ1v) is 5.88. The minimum absolute atomic E-state index is 0.0348. The van der Waals surface area contributed by atoms with Gasteiger partial charge in [0, 0.05) is 13.1 Å². The normalized spacial score (nSPS) is 12.5. The minimum atomic E-state index is -4.66. The molecule has 0 aliphatic heterocycles. The van der Waals surface area contributed by atoms with Crippen LogP contribution in [-0.2, 0) is 6.18 Å². The van der Waals surface area contributed by atoms with Crippen LogP contribution < -0.4 is 10.6 Å². The number of rotatable bonds is 6. The van der Waals surface area contributed by atoms with E-state index >= 15 is 0 Å². The number of alkyl halides is 3. The Kier molecular flexibility index (Phi) is 5.73. The number of amidine groups is 1. The summed E-state index contributed by atoms with van der Waals surface area (Å²) in [5, 5.41) is 29.3. The monoisotopic (exact) mass is 308 g/mol. The Balaban J connectivity index is 3.40. The van der Waals surface area contributed by atoms with Crippen LogP contribution in [0.5, 0.6) is 0 Å². The molecule has 0 spiro atoms. The van der Waals surface area contributed by atoms with Gasteiger partial charge in [-0.3, -0.25) is 0 Å². The molecule has 0 radical (unpaired) electrons. The topological polar surface area (TPSA) is 115 Å². The second-order valence-electron chi connectivity index (χ2n) is 3.98. The molecule has 10 heteroatoms. The summed E-state index contributed by atoms with van der Waals surface area (Å²) < 4.78 is 38.2. The van der Waals surface area contributed by atoms with Crippen molar-refractivity contribution in [2.45, 2.75) is 6.18 Å². The molecule has 1 aromatic heterocycles. The smallest absolute Gasteiger partial charge is 0.409 e. The summed E-state index contributed by atoms with van der Waals surface area (Å²) in [6, 6.07) is 1.72. The summed E-state index contributed by atoms with van der Waals surface area (Å²) in [6.07, 6.45) is -4.66. The van der Waals surface area contributed by atoms with Gasteiger partial charge in [0.25, 0.3) is 0 Å². The fraction of sp³-hybridized carbons (Fsp3) is 0.455. The van der Waals surface area contributed by atoms with E-state index in [-0.39, 0.29) is 37.7 Å². The van der Waals surface area contributed by atoms with E-state index in [0.717, 1.165) is 6.07 Å². The van der Waals surface area contributed by atoms with E-state index in [1.165, 1.54) is 4.90 Å². The highest BCUT2D eigenvalue weighted by Crippen LogP contribution is 2.30. The lowest BCUT2D eigenvalue weighted by molar-refractivity contribution is -0.141.